The smallest absolute Gasteiger partial charge is 0.295 e. The van der Waals surface area contributed by atoms with Gasteiger partial charge in [-0.05, 0) is 43.9 Å². The molecule has 3 rings (SSSR count). The average Bonchev–Trinajstić information content (AvgIpc) is 2.96. The van der Waals surface area contributed by atoms with E-state index >= 15 is 0 Å². The number of hydrogen-bond acceptors (Lipinski definition) is 6. The topological polar surface area (TPSA) is 83.0 Å². The largest absolute Gasteiger partial charge is 0.507 e. The number of rotatable bonds is 6. The minimum atomic E-state index is -0.786. The van der Waals surface area contributed by atoms with Crippen molar-refractivity contribution < 1.29 is 19.4 Å². The molecule has 1 aliphatic heterocycles. The number of carbonyl (C=O) groups excluding carboxylic acids is 2. The molecule has 1 aliphatic rings. The molecule has 0 aliphatic carbocycles. The van der Waals surface area contributed by atoms with Gasteiger partial charge in [0.2, 0.25) is 0 Å². The highest BCUT2D eigenvalue weighted by molar-refractivity contribution is 6.46. The van der Waals surface area contributed by atoms with Gasteiger partial charge in [0.25, 0.3) is 11.7 Å². The zero-order chi connectivity index (χ0) is 22.0. The number of ether oxygens (including phenoxy) is 1. The molecule has 158 valence electrons. The number of likely N-dealkylation sites (tertiary alicyclic amines) is 1. The van der Waals surface area contributed by atoms with Gasteiger partial charge in [0.1, 0.15) is 11.5 Å². The lowest BCUT2D eigenvalue weighted by Gasteiger charge is -2.26. The number of methoxy groups -OCH3 is 1. The molecule has 1 aromatic carbocycles. The Morgan fingerprint density at radius 3 is 2.50 bits per heavy atom. The molecule has 0 spiro atoms. The van der Waals surface area contributed by atoms with Gasteiger partial charge >= 0.3 is 0 Å². The van der Waals surface area contributed by atoms with Crippen molar-refractivity contribution in [3.8, 4) is 5.75 Å². The molecule has 1 atom stereocenters. The van der Waals surface area contributed by atoms with Crippen molar-refractivity contribution in [2.75, 3.05) is 34.3 Å². The molecular weight excluding hydrogens is 429 g/mol. The molecule has 1 aromatic heterocycles. The highest BCUT2D eigenvalue weighted by atomic mass is 35.5. The van der Waals surface area contributed by atoms with Crippen LogP contribution >= 0.6 is 23.2 Å². The predicted molar refractivity (Wildman–Crippen MR) is 115 cm³/mol. The van der Waals surface area contributed by atoms with Gasteiger partial charge in [0, 0.05) is 30.5 Å². The third-order valence-corrected chi connectivity index (χ3v) is 5.32. The van der Waals surface area contributed by atoms with E-state index in [0.29, 0.717) is 18.7 Å². The Bertz CT molecular complexity index is 1010. The highest BCUT2D eigenvalue weighted by Crippen LogP contribution is 2.43. The summed E-state index contributed by atoms with van der Waals surface area (Å²) in [4.78, 5) is 33.2. The first-order valence-corrected chi connectivity index (χ1v) is 9.88. The summed E-state index contributed by atoms with van der Waals surface area (Å²) in [5, 5.41) is 11.6. The molecule has 2 heterocycles. The van der Waals surface area contributed by atoms with E-state index in [2.05, 4.69) is 4.98 Å². The Kier molecular flexibility index (Phi) is 6.65. The standard InChI is InChI=1S/C21H21Cl2N3O4/c1-25(2)8-9-26-17(12-4-6-24-7-5-12)16(19(28)21(26)29)18(27)14-10-13(22)11-15(23)20(14)30-3/h4-7,10-11,17,27H,8-9H2,1-3H3/b18-16+. The zero-order valence-corrected chi connectivity index (χ0v) is 18.2. The van der Waals surface area contributed by atoms with Crippen LogP contribution in [0.15, 0.2) is 42.2 Å². The first-order chi connectivity index (χ1) is 14.3. The van der Waals surface area contributed by atoms with Crippen LogP contribution in [-0.2, 0) is 9.59 Å². The summed E-state index contributed by atoms with van der Waals surface area (Å²) >= 11 is 12.3. The minimum absolute atomic E-state index is 0.0541. The lowest BCUT2D eigenvalue weighted by atomic mass is 9.95. The quantitative estimate of drug-likeness (QED) is 0.413. The van der Waals surface area contributed by atoms with E-state index in [1.807, 2.05) is 19.0 Å². The van der Waals surface area contributed by atoms with Gasteiger partial charge in [-0.3, -0.25) is 14.6 Å². The molecule has 2 aromatic rings. The van der Waals surface area contributed by atoms with E-state index in [4.69, 9.17) is 27.9 Å². The maximum Gasteiger partial charge on any atom is 0.295 e. The van der Waals surface area contributed by atoms with Gasteiger partial charge in [0.05, 0.1) is 29.3 Å². The van der Waals surface area contributed by atoms with Crippen LogP contribution < -0.4 is 4.74 Å². The number of aliphatic hydroxyl groups excluding tert-OH is 1. The number of likely N-dealkylation sites (N-methyl/N-ethyl adjacent to an activating group) is 1. The van der Waals surface area contributed by atoms with Gasteiger partial charge in [-0.2, -0.15) is 0 Å². The molecule has 7 nitrogen and oxygen atoms in total. The summed E-state index contributed by atoms with van der Waals surface area (Å²) in [6.45, 7) is 0.843. The third kappa shape index (κ3) is 4.14. The summed E-state index contributed by atoms with van der Waals surface area (Å²) in [5.41, 5.74) is 0.734. The van der Waals surface area contributed by atoms with Crippen molar-refractivity contribution in [2.24, 2.45) is 0 Å². The molecule has 1 N–H and O–H groups in total. The molecule has 1 amide bonds. The minimum Gasteiger partial charge on any atom is -0.507 e. The van der Waals surface area contributed by atoms with Crippen LogP contribution in [0.1, 0.15) is 17.2 Å². The van der Waals surface area contributed by atoms with Crippen molar-refractivity contribution in [2.45, 2.75) is 6.04 Å². The fourth-order valence-corrected chi connectivity index (χ4v) is 3.97. The Hall–Kier alpha value is -2.61. The van der Waals surface area contributed by atoms with E-state index in [1.54, 1.807) is 24.5 Å². The lowest BCUT2D eigenvalue weighted by molar-refractivity contribution is -0.140. The van der Waals surface area contributed by atoms with Gasteiger partial charge in [-0.25, -0.2) is 0 Å². The fraction of sp³-hybridized carbons (Fsp3) is 0.286. The average molecular weight is 450 g/mol. The number of aromatic nitrogens is 1. The molecule has 0 saturated carbocycles. The first kappa shape index (κ1) is 22.1. The van der Waals surface area contributed by atoms with E-state index < -0.39 is 23.5 Å². The van der Waals surface area contributed by atoms with E-state index in [1.165, 1.54) is 24.1 Å². The van der Waals surface area contributed by atoms with E-state index in [-0.39, 0.29) is 26.9 Å². The van der Waals surface area contributed by atoms with Crippen molar-refractivity contribution in [3.05, 3.63) is 63.4 Å². The van der Waals surface area contributed by atoms with Crippen LogP contribution in [0.2, 0.25) is 10.0 Å². The first-order valence-electron chi connectivity index (χ1n) is 9.12. The maximum absolute atomic E-state index is 13.0. The molecule has 9 heteroatoms. The number of hydrogen-bond donors (Lipinski definition) is 1. The summed E-state index contributed by atoms with van der Waals surface area (Å²) in [5.74, 6) is -1.71. The number of aliphatic hydroxyl groups is 1. The molecule has 0 bridgehead atoms. The summed E-state index contributed by atoms with van der Waals surface area (Å²) in [7, 11) is 5.13. The third-order valence-electron chi connectivity index (χ3n) is 4.82. The molecule has 1 fully saturated rings. The van der Waals surface area contributed by atoms with Crippen LogP contribution in [-0.4, -0.2) is 65.9 Å². The molecule has 1 unspecified atom stereocenters. The van der Waals surface area contributed by atoms with E-state index in [9.17, 15) is 14.7 Å². The SMILES string of the molecule is COc1c(Cl)cc(Cl)cc1/C(O)=C1\C(=O)C(=O)N(CCN(C)C)C1c1ccncc1. The summed E-state index contributed by atoms with van der Waals surface area (Å²) in [6, 6.07) is 5.53. The second-order valence-corrected chi connectivity index (χ2v) is 7.89. The number of carbonyl (C=O) groups is 2. The lowest BCUT2D eigenvalue weighted by Crippen LogP contribution is -2.35. The molecule has 30 heavy (non-hydrogen) atoms. The number of Topliss-reactive ketones (excluding diaryl/α,β-unsaturated/α-hetero) is 1. The van der Waals surface area contributed by atoms with Crippen LogP contribution in [0.4, 0.5) is 0 Å². The maximum atomic E-state index is 13.0. The van der Waals surface area contributed by atoms with Gasteiger partial charge < -0.3 is 19.6 Å². The normalized spacial score (nSPS) is 18.3. The number of amides is 1. The molecular formula is C21H21Cl2N3O4. The van der Waals surface area contributed by atoms with Crippen LogP contribution in [0.25, 0.3) is 5.76 Å². The Morgan fingerprint density at radius 2 is 1.90 bits per heavy atom. The number of benzene rings is 1. The van der Waals surface area contributed by atoms with Crippen LogP contribution in [0.3, 0.4) is 0 Å². The number of halogens is 2. The van der Waals surface area contributed by atoms with Gasteiger partial charge in [0.15, 0.2) is 0 Å². The second kappa shape index (κ2) is 9.04. The molecule has 1 saturated heterocycles. The monoisotopic (exact) mass is 449 g/mol. The van der Waals surface area contributed by atoms with E-state index in [0.717, 1.165) is 0 Å². The number of ketones is 1. The van der Waals surface area contributed by atoms with Gasteiger partial charge in [-0.15, -0.1) is 0 Å². The highest BCUT2D eigenvalue weighted by Gasteiger charge is 2.46. The van der Waals surface area contributed by atoms with Crippen LogP contribution in [0, 0.1) is 0 Å². The van der Waals surface area contributed by atoms with Crippen LogP contribution in [0.5, 0.6) is 5.75 Å². The zero-order valence-electron chi connectivity index (χ0n) is 16.7. The Balaban J connectivity index is 2.23. The second-order valence-electron chi connectivity index (χ2n) is 7.04. The molecule has 0 radical (unpaired) electrons. The number of nitrogens with zero attached hydrogens (tertiary/aromatic N) is 3. The Labute approximate surface area is 184 Å². The number of pyridine rings is 1. The van der Waals surface area contributed by atoms with Crippen molar-refractivity contribution >= 4 is 40.7 Å². The summed E-state index contributed by atoms with van der Waals surface area (Å²) in [6.07, 6.45) is 3.14. The fourth-order valence-electron chi connectivity index (χ4n) is 3.40. The van der Waals surface area contributed by atoms with Crippen molar-refractivity contribution in [1.82, 2.24) is 14.8 Å². The predicted octanol–water partition coefficient (Wildman–Crippen LogP) is 3.38. The van der Waals surface area contributed by atoms with Crippen molar-refractivity contribution in [3.63, 3.8) is 0 Å². The Morgan fingerprint density at radius 1 is 1.23 bits per heavy atom. The van der Waals surface area contributed by atoms with Gasteiger partial charge in [-0.1, -0.05) is 23.2 Å². The summed E-state index contributed by atoms with van der Waals surface area (Å²) < 4.78 is 5.31. The van der Waals surface area contributed by atoms with Crippen molar-refractivity contribution in [1.29, 1.82) is 0 Å².